The molecule has 1 unspecified atom stereocenters. The van der Waals surface area contributed by atoms with Crippen molar-refractivity contribution in [3.8, 4) is 0 Å². The molecular formula is C25H34NOP. The van der Waals surface area contributed by atoms with Gasteiger partial charge in [-0.2, -0.15) is 0 Å². The van der Waals surface area contributed by atoms with E-state index < -0.39 is 0 Å². The molecule has 0 amide bonds. The average molecular weight is 396 g/mol. The third-order valence-electron chi connectivity index (χ3n) is 5.01. The molecule has 0 aromatic heterocycles. The molecule has 2 aromatic rings. The molecule has 3 heteroatoms. The summed E-state index contributed by atoms with van der Waals surface area (Å²) in [5.41, 5.74) is 4.10. The molecule has 150 valence electrons. The van der Waals surface area contributed by atoms with Crippen molar-refractivity contribution in [3.05, 3.63) is 77.0 Å². The number of hydrogen-bond acceptors (Lipinski definition) is 2. The fourth-order valence-corrected chi connectivity index (χ4v) is 4.77. The van der Waals surface area contributed by atoms with Crippen LogP contribution in [0.4, 0.5) is 0 Å². The summed E-state index contributed by atoms with van der Waals surface area (Å²) < 4.78 is 0. The lowest BCUT2D eigenvalue weighted by Gasteiger charge is -2.18. The van der Waals surface area contributed by atoms with Crippen molar-refractivity contribution in [2.75, 3.05) is 19.4 Å². The van der Waals surface area contributed by atoms with Crippen LogP contribution in [0.15, 0.2) is 60.3 Å². The van der Waals surface area contributed by atoms with Crippen molar-refractivity contribution < 1.29 is 4.79 Å². The molecule has 0 saturated carbocycles. The van der Waals surface area contributed by atoms with E-state index in [2.05, 4.69) is 88.2 Å². The number of nitrogens with one attached hydrogen (secondary N) is 1. The molecule has 0 aliphatic heterocycles. The van der Waals surface area contributed by atoms with Gasteiger partial charge in [-0.1, -0.05) is 84.1 Å². The Morgan fingerprint density at radius 3 is 2.07 bits per heavy atom. The Morgan fingerprint density at radius 1 is 0.964 bits per heavy atom. The topological polar surface area (TPSA) is 29.1 Å². The number of benzene rings is 2. The minimum absolute atomic E-state index is 0.111. The van der Waals surface area contributed by atoms with Gasteiger partial charge in [0.25, 0.3) is 0 Å². The number of ketones is 1. The maximum atomic E-state index is 13.1. The summed E-state index contributed by atoms with van der Waals surface area (Å²) in [6.07, 6.45) is 2.87. The molecule has 2 rings (SSSR count). The first-order valence-corrected chi connectivity index (χ1v) is 12.1. The Labute approximate surface area is 172 Å². The molecule has 1 atom stereocenters. The summed E-state index contributed by atoms with van der Waals surface area (Å²) in [6.45, 7) is 13.8. The van der Waals surface area contributed by atoms with E-state index >= 15 is 0 Å². The van der Waals surface area contributed by atoms with E-state index in [1.165, 1.54) is 5.30 Å². The first-order valence-electron chi connectivity index (χ1n) is 10.2. The van der Waals surface area contributed by atoms with Crippen LogP contribution < -0.4 is 10.6 Å². The van der Waals surface area contributed by atoms with Crippen LogP contribution in [0.25, 0.3) is 0 Å². The lowest BCUT2D eigenvalue weighted by atomic mass is 9.86. The van der Waals surface area contributed by atoms with Crippen LogP contribution in [0.5, 0.6) is 0 Å². The van der Waals surface area contributed by atoms with Gasteiger partial charge in [-0.05, 0) is 48.0 Å². The van der Waals surface area contributed by atoms with Crippen LogP contribution in [0.1, 0.15) is 67.9 Å². The molecule has 0 saturated heterocycles. The second-order valence-electron chi connectivity index (χ2n) is 8.00. The molecule has 0 aliphatic rings. The van der Waals surface area contributed by atoms with Gasteiger partial charge in [0.05, 0.1) is 0 Å². The normalized spacial score (nSPS) is 13.1. The summed E-state index contributed by atoms with van der Waals surface area (Å²) in [6, 6.07) is 16.9. The van der Waals surface area contributed by atoms with E-state index in [4.69, 9.17) is 0 Å². The monoisotopic (exact) mass is 395 g/mol. The predicted molar refractivity (Wildman–Crippen MR) is 124 cm³/mol. The van der Waals surface area contributed by atoms with E-state index in [9.17, 15) is 4.79 Å². The maximum Gasteiger partial charge on any atom is 0.188 e. The minimum Gasteiger partial charge on any atom is -0.388 e. The fourth-order valence-electron chi connectivity index (χ4n) is 3.39. The molecular weight excluding hydrogens is 361 g/mol. The van der Waals surface area contributed by atoms with E-state index in [1.807, 2.05) is 6.92 Å². The molecule has 0 spiro atoms. The molecule has 28 heavy (non-hydrogen) atoms. The average Bonchev–Trinajstić information content (AvgIpc) is 2.67. The molecule has 0 fully saturated rings. The molecule has 2 aromatic carbocycles. The Balaban J connectivity index is 2.07. The Kier molecular flexibility index (Phi) is 8.45. The third-order valence-corrected chi connectivity index (χ3v) is 7.09. The molecule has 0 aliphatic carbocycles. The van der Waals surface area contributed by atoms with Crippen molar-refractivity contribution in [3.63, 3.8) is 0 Å². The zero-order valence-corrected chi connectivity index (χ0v) is 19.0. The quantitative estimate of drug-likeness (QED) is 0.318. The smallest absolute Gasteiger partial charge is 0.188 e. The van der Waals surface area contributed by atoms with E-state index in [-0.39, 0.29) is 13.7 Å². The van der Waals surface area contributed by atoms with Crippen molar-refractivity contribution in [2.24, 2.45) is 0 Å². The van der Waals surface area contributed by atoms with Gasteiger partial charge >= 0.3 is 0 Å². The summed E-state index contributed by atoms with van der Waals surface area (Å²) in [4.78, 5) is 13.1. The lowest BCUT2D eigenvalue weighted by molar-refractivity contribution is 0.104. The lowest BCUT2D eigenvalue weighted by Crippen LogP contribution is -2.19. The van der Waals surface area contributed by atoms with Crippen LogP contribution in [0.3, 0.4) is 0 Å². The van der Waals surface area contributed by atoms with Gasteiger partial charge in [-0.3, -0.25) is 4.79 Å². The fraction of sp³-hybridized carbons (Fsp3) is 0.400. The highest BCUT2D eigenvalue weighted by molar-refractivity contribution is 7.64. The number of hydrogen-bond donors (Lipinski definition) is 1. The highest BCUT2D eigenvalue weighted by Gasteiger charge is 2.18. The number of rotatable bonds is 9. The molecule has 1 N–H and O–H groups in total. The third kappa shape index (κ3) is 6.04. The van der Waals surface area contributed by atoms with Crippen molar-refractivity contribution in [2.45, 2.75) is 46.5 Å². The summed E-state index contributed by atoms with van der Waals surface area (Å²) in [7, 11) is -0.173. The SMILES string of the molecule is C/C(=C/C(=O)c1c(C(C)C)cccc1C(C)C)NCCP(C)c1ccccc1. The highest BCUT2D eigenvalue weighted by Crippen LogP contribution is 2.29. The first-order chi connectivity index (χ1) is 13.3. The van der Waals surface area contributed by atoms with E-state index in [0.29, 0.717) is 11.8 Å². The molecule has 0 radical (unpaired) electrons. The number of carbonyl (C=O) groups is 1. The highest BCUT2D eigenvalue weighted by atomic mass is 31.1. The van der Waals surface area contributed by atoms with Crippen LogP contribution in [0, 0.1) is 0 Å². The zero-order chi connectivity index (χ0) is 20.7. The Bertz CT molecular complexity index is 782. The Hall–Kier alpha value is -1.92. The van der Waals surface area contributed by atoms with Crippen LogP contribution >= 0.6 is 7.92 Å². The van der Waals surface area contributed by atoms with Crippen molar-refractivity contribution in [1.82, 2.24) is 5.32 Å². The van der Waals surface area contributed by atoms with Gasteiger partial charge in [-0.15, -0.1) is 0 Å². The number of carbonyl (C=O) groups excluding carboxylic acids is 1. The van der Waals surface area contributed by atoms with Crippen LogP contribution in [-0.4, -0.2) is 25.2 Å². The second kappa shape index (κ2) is 10.6. The van der Waals surface area contributed by atoms with Gasteiger partial charge in [0, 0.05) is 23.9 Å². The van der Waals surface area contributed by atoms with Crippen molar-refractivity contribution >= 4 is 19.0 Å². The van der Waals surface area contributed by atoms with E-state index in [1.54, 1.807) is 6.08 Å². The molecule has 0 bridgehead atoms. The zero-order valence-electron chi connectivity index (χ0n) is 18.1. The Morgan fingerprint density at radius 2 is 1.54 bits per heavy atom. The molecule has 2 nitrogen and oxygen atoms in total. The van der Waals surface area contributed by atoms with Crippen molar-refractivity contribution in [1.29, 1.82) is 0 Å². The van der Waals surface area contributed by atoms with Gasteiger partial charge in [0.1, 0.15) is 0 Å². The number of allylic oxidation sites excluding steroid dienone is 2. The maximum absolute atomic E-state index is 13.1. The van der Waals surface area contributed by atoms with Crippen LogP contribution in [-0.2, 0) is 0 Å². The minimum atomic E-state index is -0.173. The standard InChI is InChI=1S/C25H34NOP/c1-18(2)22-13-10-14-23(19(3)4)25(22)24(27)17-20(5)26-15-16-28(6)21-11-8-7-9-12-21/h7-14,17-19,26H,15-16H2,1-6H3/b20-17-. The van der Waals surface area contributed by atoms with E-state index in [0.717, 1.165) is 35.1 Å². The largest absolute Gasteiger partial charge is 0.388 e. The summed E-state index contributed by atoms with van der Waals surface area (Å²) >= 11 is 0. The summed E-state index contributed by atoms with van der Waals surface area (Å²) in [5, 5.41) is 4.86. The van der Waals surface area contributed by atoms with Crippen LogP contribution in [0.2, 0.25) is 0 Å². The van der Waals surface area contributed by atoms with Gasteiger partial charge in [-0.25, -0.2) is 0 Å². The first kappa shape index (κ1) is 22.4. The summed E-state index contributed by atoms with van der Waals surface area (Å²) in [5.74, 6) is 0.766. The molecule has 0 heterocycles. The second-order valence-corrected chi connectivity index (χ2v) is 10.4. The van der Waals surface area contributed by atoms with Gasteiger partial charge < -0.3 is 5.32 Å². The van der Waals surface area contributed by atoms with Gasteiger partial charge in [0.2, 0.25) is 0 Å². The van der Waals surface area contributed by atoms with Gasteiger partial charge in [0.15, 0.2) is 5.78 Å². The predicted octanol–water partition coefficient (Wildman–Crippen LogP) is 6.05.